The number of ether oxygens (including phenoxy) is 2. The number of benzene rings is 1. The Labute approximate surface area is 125 Å². The normalized spacial score (nSPS) is 10.3. The van der Waals surface area contributed by atoms with E-state index < -0.39 is 0 Å². The highest BCUT2D eigenvalue weighted by molar-refractivity contribution is 5.43. The lowest BCUT2D eigenvalue weighted by atomic mass is 10.1. The number of nitrogens with one attached hydrogen (secondary N) is 1. The fourth-order valence-corrected chi connectivity index (χ4v) is 2.10. The van der Waals surface area contributed by atoms with Crippen molar-refractivity contribution in [2.24, 2.45) is 0 Å². The lowest BCUT2D eigenvalue weighted by Gasteiger charge is -2.12. The molecule has 5 heteroatoms. The van der Waals surface area contributed by atoms with Crippen LogP contribution < -0.4 is 14.8 Å². The first-order valence-electron chi connectivity index (χ1n) is 6.89. The van der Waals surface area contributed by atoms with E-state index in [4.69, 9.17) is 9.47 Å². The van der Waals surface area contributed by atoms with Crippen molar-refractivity contribution >= 4 is 5.82 Å². The maximum absolute atomic E-state index is 5.38. The molecule has 0 aliphatic carbocycles. The van der Waals surface area contributed by atoms with Crippen LogP contribution in [0, 0.1) is 13.8 Å². The summed E-state index contributed by atoms with van der Waals surface area (Å²) in [6.45, 7) is 4.63. The molecule has 0 radical (unpaired) electrons. The smallest absolute Gasteiger partial charge is 0.147 e. The number of rotatable bonds is 6. The predicted molar refractivity (Wildman–Crippen MR) is 83.2 cm³/mol. The zero-order valence-corrected chi connectivity index (χ0v) is 12.9. The Bertz CT molecular complexity index is 614. The minimum Gasteiger partial charge on any atom is -0.497 e. The zero-order chi connectivity index (χ0) is 15.2. The van der Waals surface area contributed by atoms with E-state index in [-0.39, 0.29) is 0 Å². The topological polar surface area (TPSA) is 56.3 Å². The Balaban J connectivity index is 2.04. The van der Waals surface area contributed by atoms with E-state index in [0.717, 1.165) is 47.2 Å². The molecule has 0 aliphatic rings. The summed E-state index contributed by atoms with van der Waals surface area (Å²) in [6, 6.07) is 5.81. The van der Waals surface area contributed by atoms with Crippen LogP contribution in [0.1, 0.15) is 17.0 Å². The molecule has 21 heavy (non-hydrogen) atoms. The highest BCUT2D eigenvalue weighted by Crippen LogP contribution is 2.24. The van der Waals surface area contributed by atoms with Crippen LogP contribution in [-0.2, 0) is 6.42 Å². The summed E-state index contributed by atoms with van der Waals surface area (Å²) >= 11 is 0. The second-order valence-electron chi connectivity index (χ2n) is 4.80. The van der Waals surface area contributed by atoms with Crippen molar-refractivity contribution in [3.63, 3.8) is 0 Å². The molecule has 112 valence electrons. The highest BCUT2D eigenvalue weighted by Gasteiger charge is 2.06. The van der Waals surface area contributed by atoms with Crippen molar-refractivity contribution in [1.29, 1.82) is 0 Å². The van der Waals surface area contributed by atoms with Gasteiger partial charge in [0.2, 0.25) is 0 Å². The summed E-state index contributed by atoms with van der Waals surface area (Å²) in [7, 11) is 3.34. The summed E-state index contributed by atoms with van der Waals surface area (Å²) < 4.78 is 10.6. The lowest BCUT2D eigenvalue weighted by Crippen LogP contribution is -2.09. The number of anilines is 1. The van der Waals surface area contributed by atoms with E-state index in [2.05, 4.69) is 15.3 Å². The first-order chi connectivity index (χ1) is 10.1. The third-order valence-electron chi connectivity index (χ3n) is 3.25. The fraction of sp³-hybridized carbons (Fsp3) is 0.375. The quantitative estimate of drug-likeness (QED) is 0.885. The zero-order valence-electron chi connectivity index (χ0n) is 12.9. The summed E-state index contributed by atoms with van der Waals surface area (Å²) in [4.78, 5) is 8.75. The second-order valence-corrected chi connectivity index (χ2v) is 4.80. The van der Waals surface area contributed by atoms with Crippen molar-refractivity contribution in [2.75, 3.05) is 26.1 Å². The summed E-state index contributed by atoms with van der Waals surface area (Å²) in [5.74, 6) is 2.53. The minimum atomic E-state index is 0.752. The van der Waals surface area contributed by atoms with Gasteiger partial charge < -0.3 is 14.8 Å². The maximum atomic E-state index is 5.38. The SMILES string of the molecule is COc1ccc(OC)c(CCNc2nc(C)cnc2C)c1. The van der Waals surface area contributed by atoms with E-state index in [1.165, 1.54) is 0 Å². The van der Waals surface area contributed by atoms with Gasteiger partial charge in [-0.1, -0.05) is 0 Å². The first kappa shape index (κ1) is 15.1. The molecule has 2 rings (SSSR count). The first-order valence-corrected chi connectivity index (χ1v) is 6.89. The Morgan fingerprint density at radius 2 is 1.95 bits per heavy atom. The maximum Gasteiger partial charge on any atom is 0.147 e. The Kier molecular flexibility index (Phi) is 4.98. The predicted octanol–water partition coefficient (Wildman–Crippen LogP) is 2.77. The third-order valence-corrected chi connectivity index (χ3v) is 3.25. The summed E-state index contributed by atoms with van der Waals surface area (Å²) in [6.07, 6.45) is 2.58. The number of aromatic nitrogens is 2. The van der Waals surface area contributed by atoms with Crippen LogP contribution in [0.3, 0.4) is 0 Å². The molecule has 1 aromatic carbocycles. The molecule has 5 nitrogen and oxygen atoms in total. The molecule has 0 bridgehead atoms. The fourth-order valence-electron chi connectivity index (χ4n) is 2.10. The molecular weight excluding hydrogens is 266 g/mol. The average Bonchev–Trinajstić information content (AvgIpc) is 2.50. The number of methoxy groups -OCH3 is 2. The van der Waals surface area contributed by atoms with Gasteiger partial charge in [-0.05, 0) is 44.0 Å². The molecule has 0 unspecified atom stereocenters. The summed E-state index contributed by atoms with van der Waals surface area (Å²) in [5, 5.41) is 3.32. The van der Waals surface area contributed by atoms with Gasteiger partial charge in [-0.2, -0.15) is 0 Å². The molecule has 0 atom stereocenters. The van der Waals surface area contributed by atoms with Crippen molar-refractivity contribution < 1.29 is 9.47 Å². The third kappa shape index (κ3) is 3.84. The van der Waals surface area contributed by atoms with Crippen molar-refractivity contribution in [3.05, 3.63) is 41.3 Å². The monoisotopic (exact) mass is 287 g/mol. The standard InChI is InChI=1S/C16H21N3O2/c1-11-10-18-12(2)16(19-11)17-8-7-13-9-14(20-3)5-6-15(13)21-4/h5-6,9-10H,7-8H2,1-4H3,(H,17,19). The van der Waals surface area contributed by atoms with Gasteiger partial charge in [0.1, 0.15) is 17.3 Å². The van der Waals surface area contributed by atoms with Crippen LogP contribution in [-0.4, -0.2) is 30.7 Å². The van der Waals surface area contributed by atoms with Crippen molar-refractivity contribution in [3.8, 4) is 11.5 Å². The average molecular weight is 287 g/mol. The van der Waals surface area contributed by atoms with Gasteiger partial charge in [-0.15, -0.1) is 0 Å². The number of nitrogens with zero attached hydrogens (tertiary/aromatic N) is 2. The molecule has 1 N–H and O–H groups in total. The van der Waals surface area contributed by atoms with Crippen LogP contribution >= 0.6 is 0 Å². The molecule has 1 aromatic heterocycles. The second kappa shape index (κ2) is 6.92. The van der Waals surface area contributed by atoms with E-state index >= 15 is 0 Å². The molecule has 2 aromatic rings. The van der Waals surface area contributed by atoms with Gasteiger partial charge in [0.15, 0.2) is 0 Å². The van der Waals surface area contributed by atoms with Gasteiger partial charge in [-0.3, -0.25) is 4.98 Å². The number of hydrogen-bond acceptors (Lipinski definition) is 5. The molecule has 0 saturated heterocycles. The lowest BCUT2D eigenvalue weighted by molar-refractivity contribution is 0.399. The van der Waals surface area contributed by atoms with E-state index in [0.29, 0.717) is 0 Å². The van der Waals surface area contributed by atoms with Crippen LogP contribution in [0.4, 0.5) is 5.82 Å². The molecule has 0 aliphatic heterocycles. The molecule has 0 amide bonds. The highest BCUT2D eigenvalue weighted by atomic mass is 16.5. The number of aryl methyl sites for hydroxylation is 2. The number of hydrogen-bond donors (Lipinski definition) is 1. The van der Waals surface area contributed by atoms with E-state index in [1.807, 2.05) is 32.0 Å². The summed E-state index contributed by atoms with van der Waals surface area (Å²) in [5.41, 5.74) is 2.91. The Morgan fingerprint density at radius 3 is 2.67 bits per heavy atom. The van der Waals surface area contributed by atoms with Gasteiger partial charge in [0.25, 0.3) is 0 Å². The molecule has 1 heterocycles. The van der Waals surface area contributed by atoms with Gasteiger partial charge in [-0.25, -0.2) is 4.98 Å². The van der Waals surface area contributed by atoms with E-state index in [9.17, 15) is 0 Å². The Hall–Kier alpha value is -2.30. The van der Waals surface area contributed by atoms with Crippen molar-refractivity contribution in [1.82, 2.24) is 9.97 Å². The Morgan fingerprint density at radius 1 is 1.14 bits per heavy atom. The molecule has 0 saturated carbocycles. The van der Waals surface area contributed by atoms with Crippen LogP contribution in [0.5, 0.6) is 11.5 Å². The van der Waals surface area contributed by atoms with Gasteiger partial charge in [0, 0.05) is 12.7 Å². The van der Waals surface area contributed by atoms with Crippen LogP contribution in [0.2, 0.25) is 0 Å². The van der Waals surface area contributed by atoms with Gasteiger partial charge in [0.05, 0.1) is 25.6 Å². The van der Waals surface area contributed by atoms with Crippen LogP contribution in [0.25, 0.3) is 0 Å². The molecular formula is C16H21N3O2. The minimum absolute atomic E-state index is 0.752. The molecule has 0 fully saturated rings. The van der Waals surface area contributed by atoms with Gasteiger partial charge >= 0.3 is 0 Å². The molecule has 0 spiro atoms. The van der Waals surface area contributed by atoms with Crippen molar-refractivity contribution in [2.45, 2.75) is 20.3 Å². The van der Waals surface area contributed by atoms with Crippen LogP contribution in [0.15, 0.2) is 24.4 Å². The van der Waals surface area contributed by atoms with E-state index in [1.54, 1.807) is 20.4 Å². The largest absolute Gasteiger partial charge is 0.497 e.